The summed E-state index contributed by atoms with van der Waals surface area (Å²) >= 11 is 0. The standard InChI is InChI=1S/C22H35FN4O2/c1-2-24-21(25-10-3-11-27-12-16-29-17-13-27)26-18-22(8-14-28-15-9-22)19-4-6-20(23)7-5-19/h4-7H,2-3,8-18H2,1H3,(H2,24,25,26). The molecule has 2 heterocycles. The van der Waals surface area contributed by atoms with Gasteiger partial charge in [0.15, 0.2) is 5.96 Å². The number of benzene rings is 1. The molecule has 1 aromatic rings. The van der Waals surface area contributed by atoms with Crippen LogP contribution in [0.2, 0.25) is 0 Å². The molecule has 0 aromatic heterocycles. The molecule has 7 heteroatoms. The lowest BCUT2D eigenvalue weighted by molar-refractivity contribution is 0.0376. The highest BCUT2D eigenvalue weighted by molar-refractivity contribution is 5.79. The molecule has 0 saturated carbocycles. The van der Waals surface area contributed by atoms with E-state index in [0.717, 1.165) is 89.9 Å². The first-order valence-electron chi connectivity index (χ1n) is 10.9. The molecule has 3 rings (SSSR count). The van der Waals surface area contributed by atoms with Crippen molar-refractivity contribution in [2.75, 3.05) is 65.7 Å². The van der Waals surface area contributed by atoms with E-state index >= 15 is 0 Å². The van der Waals surface area contributed by atoms with Gasteiger partial charge >= 0.3 is 0 Å². The lowest BCUT2D eigenvalue weighted by Crippen LogP contribution is -2.42. The highest BCUT2D eigenvalue weighted by atomic mass is 19.1. The number of morpholine rings is 1. The lowest BCUT2D eigenvalue weighted by Gasteiger charge is -2.36. The molecule has 0 amide bonds. The van der Waals surface area contributed by atoms with Gasteiger partial charge in [0.1, 0.15) is 5.82 Å². The average Bonchev–Trinajstić information content (AvgIpc) is 2.77. The van der Waals surface area contributed by atoms with Crippen molar-refractivity contribution < 1.29 is 13.9 Å². The molecule has 6 nitrogen and oxygen atoms in total. The van der Waals surface area contributed by atoms with Crippen LogP contribution in [0.25, 0.3) is 0 Å². The Morgan fingerprint density at radius 1 is 1.07 bits per heavy atom. The van der Waals surface area contributed by atoms with E-state index in [4.69, 9.17) is 14.5 Å². The van der Waals surface area contributed by atoms with Gasteiger partial charge in [-0.05, 0) is 50.4 Å². The Kier molecular flexibility index (Phi) is 8.70. The minimum Gasteiger partial charge on any atom is -0.381 e. The van der Waals surface area contributed by atoms with Crippen LogP contribution in [-0.4, -0.2) is 76.6 Å². The molecular weight excluding hydrogens is 371 g/mol. The molecule has 2 aliphatic heterocycles. The molecule has 0 radical (unpaired) electrons. The van der Waals surface area contributed by atoms with Crippen LogP contribution in [0.1, 0.15) is 31.7 Å². The average molecular weight is 407 g/mol. The van der Waals surface area contributed by atoms with Gasteiger partial charge in [-0.25, -0.2) is 4.39 Å². The summed E-state index contributed by atoms with van der Waals surface area (Å²) < 4.78 is 24.4. The minimum atomic E-state index is -0.199. The third-order valence-corrected chi connectivity index (χ3v) is 5.84. The van der Waals surface area contributed by atoms with Crippen molar-refractivity contribution in [2.24, 2.45) is 4.99 Å². The smallest absolute Gasteiger partial charge is 0.191 e. The number of nitrogens with one attached hydrogen (secondary N) is 2. The van der Waals surface area contributed by atoms with Crippen molar-refractivity contribution in [3.8, 4) is 0 Å². The third kappa shape index (κ3) is 6.66. The number of halogens is 1. The molecule has 0 atom stereocenters. The Labute approximate surface area is 173 Å². The van der Waals surface area contributed by atoms with Crippen LogP contribution < -0.4 is 10.6 Å². The second-order valence-electron chi connectivity index (χ2n) is 7.83. The molecule has 2 fully saturated rings. The third-order valence-electron chi connectivity index (χ3n) is 5.84. The summed E-state index contributed by atoms with van der Waals surface area (Å²) in [6, 6.07) is 6.90. The second kappa shape index (κ2) is 11.5. The summed E-state index contributed by atoms with van der Waals surface area (Å²) in [4.78, 5) is 7.35. The van der Waals surface area contributed by atoms with Gasteiger partial charge in [0.25, 0.3) is 0 Å². The van der Waals surface area contributed by atoms with E-state index in [-0.39, 0.29) is 11.2 Å². The molecule has 29 heavy (non-hydrogen) atoms. The van der Waals surface area contributed by atoms with Crippen molar-refractivity contribution >= 4 is 5.96 Å². The summed E-state index contributed by atoms with van der Waals surface area (Å²) in [5.74, 6) is 0.650. The van der Waals surface area contributed by atoms with Gasteiger partial charge in [-0.2, -0.15) is 0 Å². The fourth-order valence-corrected chi connectivity index (χ4v) is 4.01. The summed E-state index contributed by atoms with van der Waals surface area (Å²) in [5, 5.41) is 6.82. The van der Waals surface area contributed by atoms with Gasteiger partial charge in [0.05, 0.1) is 19.8 Å². The Balaban J connectivity index is 1.57. The van der Waals surface area contributed by atoms with Gasteiger partial charge in [-0.15, -0.1) is 0 Å². The highest BCUT2D eigenvalue weighted by Crippen LogP contribution is 2.35. The number of hydrogen-bond donors (Lipinski definition) is 2. The van der Waals surface area contributed by atoms with Gasteiger partial charge in [-0.3, -0.25) is 9.89 Å². The van der Waals surface area contributed by atoms with Gasteiger partial charge < -0.3 is 20.1 Å². The molecule has 162 valence electrons. The molecule has 0 unspecified atom stereocenters. The maximum absolute atomic E-state index is 13.4. The van der Waals surface area contributed by atoms with E-state index in [9.17, 15) is 4.39 Å². The largest absolute Gasteiger partial charge is 0.381 e. The fraction of sp³-hybridized carbons (Fsp3) is 0.682. The Morgan fingerprint density at radius 2 is 1.76 bits per heavy atom. The van der Waals surface area contributed by atoms with Crippen molar-refractivity contribution in [3.63, 3.8) is 0 Å². The summed E-state index contributed by atoms with van der Waals surface area (Å²) in [7, 11) is 0. The predicted octanol–water partition coefficient (Wildman–Crippen LogP) is 2.15. The molecule has 2 saturated heterocycles. The zero-order valence-corrected chi connectivity index (χ0v) is 17.6. The van der Waals surface area contributed by atoms with Gasteiger partial charge in [-0.1, -0.05) is 12.1 Å². The molecule has 1 aromatic carbocycles. The monoisotopic (exact) mass is 406 g/mol. The van der Waals surface area contributed by atoms with Crippen LogP contribution in [-0.2, 0) is 14.9 Å². The normalized spacial score (nSPS) is 20.4. The van der Waals surface area contributed by atoms with Gasteiger partial charge in [0.2, 0.25) is 0 Å². The van der Waals surface area contributed by atoms with Gasteiger partial charge in [0, 0.05) is 44.8 Å². The van der Waals surface area contributed by atoms with Crippen molar-refractivity contribution in [1.82, 2.24) is 15.5 Å². The molecule has 0 aliphatic carbocycles. The molecule has 2 aliphatic rings. The zero-order chi connectivity index (χ0) is 20.4. The number of ether oxygens (including phenoxy) is 2. The minimum absolute atomic E-state index is 0.0951. The van der Waals surface area contributed by atoms with E-state index in [0.29, 0.717) is 6.54 Å². The molecule has 2 N–H and O–H groups in total. The van der Waals surface area contributed by atoms with Crippen LogP contribution in [0, 0.1) is 5.82 Å². The van der Waals surface area contributed by atoms with Crippen LogP contribution in [0.3, 0.4) is 0 Å². The van der Waals surface area contributed by atoms with E-state index < -0.39 is 0 Å². The number of hydrogen-bond acceptors (Lipinski definition) is 4. The van der Waals surface area contributed by atoms with Crippen molar-refractivity contribution in [1.29, 1.82) is 0 Å². The Hall–Kier alpha value is -1.70. The fourth-order valence-electron chi connectivity index (χ4n) is 4.01. The quantitative estimate of drug-likeness (QED) is 0.394. The van der Waals surface area contributed by atoms with Crippen LogP contribution in [0.5, 0.6) is 0 Å². The van der Waals surface area contributed by atoms with Crippen molar-refractivity contribution in [3.05, 3.63) is 35.6 Å². The Morgan fingerprint density at radius 3 is 2.45 bits per heavy atom. The highest BCUT2D eigenvalue weighted by Gasteiger charge is 2.34. The summed E-state index contributed by atoms with van der Waals surface area (Å²) in [6.45, 7) is 10.7. The second-order valence-corrected chi connectivity index (χ2v) is 7.83. The summed E-state index contributed by atoms with van der Waals surface area (Å²) in [5.41, 5.74) is 1.05. The first kappa shape index (κ1) is 22.0. The molecule has 0 bridgehead atoms. The first-order valence-corrected chi connectivity index (χ1v) is 10.9. The van der Waals surface area contributed by atoms with E-state index in [2.05, 4.69) is 22.5 Å². The Bertz CT molecular complexity index is 626. The number of rotatable bonds is 8. The van der Waals surface area contributed by atoms with Crippen LogP contribution in [0.15, 0.2) is 29.3 Å². The maximum atomic E-state index is 13.4. The van der Waals surface area contributed by atoms with Crippen molar-refractivity contribution in [2.45, 2.75) is 31.6 Å². The maximum Gasteiger partial charge on any atom is 0.191 e. The van der Waals surface area contributed by atoms with Crippen LogP contribution >= 0.6 is 0 Å². The lowest BCUT2D eigenvalue weighted by atomic mass is 9.74. The number of guanidine groups is 1. The summed E-state index contributed by atoms with van der Waals surface area (Å²) in [6.07, 6.45) is 2.87. The van der Waals surface area contributed by atoms with E-state index in [1.165, 1.54) is 0 Å². The van der Waals surface area contributed by atoms with Crippen LogP contribution in [0.4, 0.5) is 4.39 Å². The molecular formula is C22H35FN4O2. The SMILES string of the molecule is CCNC(=NCC1(c2ccc(F)cc2)CCOCC1)NCCCN1CCOCC1. The number of nitrogens with zero attached hydrogens (tertiary/aromatic N) is 2. The number of aliphatic imine (C=N–C) groups is 1. The predicted molar refractivity (Wildman–Crippen MR) is 114 cm³/mol. The topological polar surface area (TPSA) is 58.1 Å². The van der Waals surface area contributed by atoms with E-state index in [1.54, 1.807) is 12.1 Å². The molecule has 0 spiro atoms. The first-order chi connectivity index (χ1) is 14.2. The van der Waals surface area contributed by atoms with E-state index in [1.807, 2.05) is 12.1 Å². The zero-order valence-electron chi connectivity index (χ0n) is 17.6.